The topological polar surface area (TPSA) is 52.9 Å². The van der Waals surface area contributed by atoms with E-state index >= 15 is 0 Å². The number of aromatic nitrogens is 5. The molecule has 4 aromatic carbocycles. The molecular formula is C39H26N6. The van der Waals surface area contributed by atoms with Crippen molar-refractivity contribution in [1.82, 2.24) is 23.7 Å². The van der Waals surface area contributed by atoms with Gasteiger partial charge in [-0.2, -0.15) is 0 Å². The van der Waals surface area contributed by atoms with E-state index in [1.807, 2.05) is 24.5 Å². The number of aliphatic imine (C=N–C) groups is 1. The molecule has 6 heteroatoms. The molecule has 9 aromatic rings. The molecule has 0 spiro atoms. The van der Waals surface area contributed by atoms with Gasteiger partial charge in [-0.05, 0) is 73.5 Å². The maximum atomic E-state index is 4.90. The van der Waals surface area contributed by atoms with Crippen molar-refractivity contribution in [2.24, 2.45) is 4.99 Å². The Hall–Kier alpha value is -6.01. The highest BCUT2D eigenvalue weighted by atomic mass is 15.1. The largest absolute Gasteiger partial charge is 0.311 e. The lowest BCUT2D eigenvalue weighted by Crippen LogP contribution is -2.06. The number of rotatable bonds is 3. The van der Waals surface area contributed by atoms with Crippen molar-refractivity contribution in [2.75, 3.05) is 0 Å². The highest BCUT2D eigenvalue weighted by Crippen LogP contribution is 2.41. The minimum Gasteiger partial charge on any atom is -0.311 e. The molecule has 0 saturated heterocycles. The van der Waals surface area contributed by atoms with Crippen LogP contribution in [0, 0.1) is 0 Å². The van der Waals surface area contributed by atoms with Crippen molar-refractivity contribution < 1.29 is 0 Å². The molecule has 6 nitrogen and oxygen atoms in total. The molecule has 1 aliphatic heterocycles. The summed E-state index contributed by atoms with van der Waals surface area (Å²) in [5.41, 5.74) is 13.1. The molecule has 0 atom stereocenters. The van der Waals surface area contributed by atoms with E-state index in [2.05, 4.69) is 123 Å². The van der Waals surface area contributed by atoms with Crippen molar-refractivity contribution in [1.29, 1.82) is 0 Å². The van der Waals surface area contributed by atoms with Gasteiger partial charge < -0.3 is 13.7 Å². The van der Waals surface area contributed by atoms with Crippen LogP contribution >= 0.6 is 0 Å². The Morgan fingerprint density at radius 2 is 0.933 bits per heavy atom. The van der Waals surface area contributed by atoms with Crippen LogP contribution in [-0.4, -0.2) is 29.9 Å². The Labute approximate surface area is 258 Å². The molecule has 6 heterocycles. The van der Waals surface area contributed by atoms with Gasteiger partial charge >= 0.3 is 0 Å². The summed E-state index contributed by atoms with van der Waals surface area (Å²) < 4.78 is 7.13. The van der Waals surface area contributed by atoms with Crippen LogP contribution in [-0.2, 0) is 6.42 Å². The van der Waals surface area contributed by atoms with Crippen LogP contribution < -0.4 is 0 Å². The van der Waals surface area contributed by atoms with Gasteiger partial charge in [0.25, 0.3) is 0 Å². The van der Waals surface area contributed by atoms with Gasteiger partial charge in [0.2, 0.25) is 0 Å². The Balaban J connectivity index is 1.37. The molecule has 0 bridgehead atoms. The van der Waals surface area contributed by atoms with Crippen molar-refractivity contribution in [3.63, 3.8) is 0 Å². The number of pyridine rings is 2. The van der Waals surface area contributed by atoms with Crippen molar-refractivity contribution in [3.05, 3.63) is 133 Å². The van der Waals surface area contributed by atoms with Crippen LogP contribution in [0.1, 0.15) is 12.1 Å². The molecule has 0 aliphatic carbocycles. The van der Waals surface area contributed by atoms with E-state index in [0.29, 0.717) is 0 Å². The standard InChI is InChI=1S/C39H26N6/c1-4-13-31-28(10-1)37-34(16-7-19-40-37)43(31)25-22-26(44-32-14-5-2-11-29(32)38-35(44)17-8-20-41-38)24-27(23-25)45-33-15-6-3-12-30(33)39-36(45)18-9-21-42-39/h1-8,10-17,19-24H,9,18H2. The fourth-order valence-corrected chi connectivity index (χ4v) is 7.39. The number of hydrogen-bond acceptors (Lipinski definition) is 3. The lowest BCUT2D eigenvalue weighted by Gasteiger charge is -2.18. The third kappa shape index (κ3) is 3.42. The molecule has 0 saturated carbocycles. The zero-order valence-electron chi connectivity index (χ0n) is 24.3. The predicted molar refractivity (Wildman–Crippen MR) is 184 cm³/mol. The molecule has 0 unspecified atom stereocenters. The summed E-state index contributed by atoms with van der Waals surface area (Å²) in [4.78, 5) is 14.6. The summed E-state index contributed by atoms with van der Waals surface area (Å²) in [6, 6.07) is 41.1. The minimum absolute atomic E-state index is 0.924. The van der Waals surface area contributed by atoms with Gasteiger partial charge in [0.05, 0.1) is 61.4 Å². The van der Waals surface area contributed by atoms with Gasteiger partial charge in [-0.1, -0.05) is 54.6 Å². The van der Waals surface area contributed by atoms with Gasteiger partial charge in [0.1, 0.15) is 0 Å². The fraction of sp³-hybridized carbons (Fsp3) is 0.0513. The summed E-state index contributed by atoms with van der Waals surface area (Å²) in [5.74, 6) is 0. The van der Waals surface area contributed by atoms with Crippen LogP contribution in [0.3, 0.4) is 0 Å². The molecule has 212 valence electrons. The van der Waals surface area contributed by atoms with Crippen molar-refractivity contribution >= 4 is 66.7 Å². The van der Waals surface area contributed by atoms with Gasteiger partial charge in [-0.3, -0.25) is 15.0 Å². The Morgan fingerprint density at radius 1 is 0.467 bits per heavy atom. The van der Waals surface area contributed by atoms with Crippen LogP contribution in [0.15, 0.2) is 133 Å². The van der Waals surface area contributed by atoms with E-state index in [1.165, 1.54) is 11.1 Å². The second kappa shape index (κ2) is 9.24. The predicted octanol–water partition coefficient (Wildman–Crippen LogP) is 9.26. The van der Waals surface area contributed by atoms with E-state index in [1.54, 1.807) is 0 Å². The molecule has 0 fully saturated rings. The first kappa shape index (κ1) is 24.4. The molecule has 0 radical (unpaired) electrons. The van der Waals surface area contributed by atoms with Crippen LogP contribution in [0.5, 0.6) is 0 Å². The van der Waals surface area contributed by atoms with E-state index in [0.717, 1.165) is 85.0 Å². The van der Waals surface area contributed by atoms with Crippen molar-refractivity contribution in [3.8, 4) is 17.1 Å². The van der Waals surface area contributed by atoms with E-state index < -0.39 is 0 Å². The number of benzene rings is 4. The number of nitrogens with zero attached hydrogens (tertiary/aromatic N) is 6. The number of para-hydroxylation sites is 3. The highest BCUT2D eigenvalue weighted by Gasteiger charge is 2.22. The Bertz CT molecular complexity index is 2430. The summed E-state index contributed by atoms with van der Waals surface area (Å²) in [6.45, 7) is 0. The van der Waals surface area contributed by atoms with Gasteiger partial charge in [-0.25, -0.2) is 0 Å². The van der Waals surface area contributed by atoms with Crippen LogP contribution in [0.25, 0.3) is 71.8 Å². The summed E-state index contributed by atoms with van der Waals surface area (Å²) >= 11 is 0. The highest BCUT2D eigenvalue weighted by molar-refractivity contribution is 6.08. The first-order chi connectivity index (χ1) is 22.3. The van der Waals surface area contributed by atoms with Gasteiger partial charge in [0, 0.05) is 40.5 Å². The van der Waals surface area contributed by atoms with E-state index in [-0.39, 0.29) is 0 Å². The van der Waals surface area contributed by atoms with Crippen LogP contribution in [0.4, 0.5) is 5.69 Å². The van der Waals surface area contributed by atoms with Crippen molar-refractivity contribution in [2.45, 2.75) is 12.8 Å². The molecule has 0 amide bonds. The van der Waals surface area contributed by atoms with E-state index in [9.17, 15) is 0 Å². The lowest BCUT2D eigenvalue weighted by atomic mass is 10.1. The molecule has 10 rings (SSSR count). The average molecular weight is 579 g/mol. The molecule has 0 N–H and O–H groups in total. The second-order valence-electron chi connectivity index (χ2n) is 11.7. The Morgan fingerprint density at radius 3 is 1.51 bits per heavy atom. The van der Waals surface area contributed by atoms with Crippen LogP contribution in [0.2, 0.25) is 0 Å². The maximum Gasteiger partial charge on any atom is 0.0963 e. The Kier molecular flexibility index (Phi) is 5.02. The number of hydrogen-bond donors (Lipinski definition) is 0. The summed E-state index contributed by atoms with van der Waals surface area (Å²) in [5, 5.41) is 3.45. The first-order valence-corrected chi connectivity index (χ1v) is 15.3. The molecule has 5 aromatic heterocycles. The SMILES string of the molecule is C1=Nc2c(n(-c3cc(-n4c5ccccc5c5ncccc54)cc(-n4c5ccccc5c5ncccc54)c3)c3ccccc23)CC1. The lowest BCUT2D eigenvalue weighted by molar-refractivity contribution is 0.910. The monoisotopic (exact) mass is 578 g/mol. The number of fused-ring (bicyclic) bond motifs is 9. The van der Waals surface area contributed by atoms with Gasteiger partial charge in [-0.15, -0.1) is 0 Å². The third-order valence-corrected chi connectivity index (χ3v) is 9.19. The van der Waals surface area contributed by atoms with E-state index in [4.69, 9.17) is 15.0 Å². The third-order valence-electron chi connectivity index (χ3n) is 9.19. The smallest absolute Gasteiger partial charge is 0.0963 e. The molecule has 1 aliphatic rings. The zero-order valence-corrected chi connectivity index (χ0v) is 24.3. The quantitative estimate of drug-likeness (QED) is 0.210. The summed E-state index contributed by atoms with van der Waals surface area (Å²) in [7, 11) is 0. The second-order valence-corrected chi connectivity index (χ2v) is 11.7. The maximum absolute atomic E-state index is 4.90. The minimum atomic E-state index is 0.924. The first-order valence-electron chi connectivity index (χ1n) is 15.3. The normalized spacial score (nSPS) is 13.1. The van der Waals surface area contributed by atoms with Gasteiger partial charge in [0.15, 0.2) is 0 Å². The zero-order chi connectivity index (χ0) is 29.5. The molecule has 45 heavy (non-hydrogen) atoms. The fourth-order valence-electron chi connectivity index (χ4n) is 7.39. The average Bonchev–Trinajstić information content (AvgIpc) is 3.74. The molecular weight excluding hydrogens is 552 g/mol. The summed E-state index contributed by atoms with van der Waals surface area (Å²) in [6.07, 6.45) is 7.67.